The lowest BCUT2D eigenvalue weighted by atomic mass is 9.84. The number of imide groups is 1. The highest BCUT2D eigenvalue weighted by Crippen LogP contribution is 2.49. The molecule has 0 aliphatic carbocycles. The molecule has 0 unspecified atom stereocenters. The smallest absolute Gasteiger partial charge is 0.261 e. The van der Waals surface area contributed by atoms with Crippen LogP contribution in [0.3, 0.4) is 0 Å². The van der Waals surface area contributed by atoms with Crippen LogP contribution in [0, 0.1) is 5.92 Å². The summed E-state index contributed by atoms with van der Waals surface area (Å²) in [6, 6.07) is 28.1. The average molecular weight is 513 g/mol. The fraction of sp³-hybridized carbons (Fsp3) is 0.233. The largest absolute Gasteiger partial charge is 0.367 e. The third-order valence-corrected chi connectivity index (χ3v) is 8.21. The van der Waals surface area contributed by atoms with E-state index in [0.717, 1.165) is 11.1 Å². The van der Waals surface area contributed by atoms with Gasteiger partial charge in [0.05, 0.1) is 16.6 Å². The molecule has 188 valence electrons. The first kappa shape index (κ1) is 25.0. The third kappa shape index (κ3) is 4.61. The third-order valence-electron chi connectivity index (χ3n) is 6.86. The molecule has 2 heterocycles. The summed E-state index contributed by atoms with van der Waals surface area (Å²) in [7, 11) is 1.52. The van der Waals surface area contributed by atoms with Gasteiger partial charge in [-0.05, 0) is 36.3 Å². The summed E-state index contributed by atoms with van der Waals surface area (Å²) in [5.41, 5.74) is 2.25. The molecule has 0 bridgehead atoms. The lowest BCUT2D eigenvalue weighted by Gasteiger charge is -2.35. The minimum absolute atomic E-state index is 0.211. The quantitative estimate of drug-likeness (QED) is 0.410. The number of carbonyl (C=O) groups is 3. The number of thioether (sulfide) groups is 1. The van der Waals surface area contributed by atoms with Crippen molar-refractivity contribution in [3.8, 4) is 0 Å². The zero-order chi connectivity index (χ0) is 25.9. The van der Waals surface area contributed by atoms with Gasteiger partial charge in [-0.25, -0.2) is 4.90 Å². The number of rotatable bonds is 7. The van der Waals surface area contributed by atoms with Crippen molar-refractivity contribution in [2.24, 2.45) is 5.92 Å². The van der Waals surface area contributed by atoms with Gasteiger partial charge in [-0.15, -0.1) is 0 Å². The van der Waals surface area contributed by atoms with Gasteiger partial charge in [-0.2, -0.15) is 0 Å². The number of fused-ring (bicyclic) bond motifs is 1. The van der Waals surface area contributed by atoms with Crippen molar-refractivity contribution >= 4 is 35.2 Å². The van der Waals surface area contributed by atoms with Gasteiger partial charge in [-0.1, -0.05) is 90.6 Å². The molecule has 0 radical (unpaired) electrons. The molecule has 3 amide bonds. The second-order valence-corrected chi connectivity index (χ2v) is 10.1. The van der Waals surface area contributed by atoms with Crippen LogP contribution < -0.4 is 4.90 Å². The number of anilines is 1. The molecule has 0 spiro atoms. The highest BCUT2D eigenvalue weighted by atomic mass is 32.2. The van der Waals surface area contributed by atoms with Crippen molar-refractivity contribution in [2.75, 3.05) is 18.6 Å². The lowest BCUT2D eigenvalue weighted by molar-refractivity contribution is -0.139. The fourth-order valence-electron chi connectivity index (χ4n) is 5.09. The van der Waals surface area contributed by atoms with Gasteiger partial charge in [0.2, 0.25) is 11.8 Å². The number of nitrogens with zero attached hydrogens (tertiary/aromatic N) is 2. The molecule has 6 nitrogen and oxygen atoms in total. The van der Waals surface area contributed by atoms with E-state index in [2.05, 4.69) is 0 Å². The van der Waals surface area contributed by atoms with Gasteiger partial charge in [0, 0.05) is 19.6 Å². The Morgan fingerprint density at radius 2 is 1.51 bits per heavy atom. The summed E-state index contributed by atoms with van der Waals surface area (Å²) in [6.45, 7) is 2.30. The number of hydrogen-bond donors (Lipinski definition) is 0. The van der Waals surface area contributed by atoms with Crippen LogP contribution in [0.25, 0.3) is 0 Å². The predicted octanol–water partition coefficient (Wildman–Crippen LogP) is 5.15. The second-order valence-electron chi connectivity index (χ2n) is 8.96. The molecule has 0 N–H and O–H groups in total. The van der Waals surface area contributed by atoms with Crippen molar-refractivity contribution in [1.29, 1.82) is 0 Å². The molecule has 7 heteroatoms. The molecule has 3 aromatic carbocycles. The first-order valence-electron chi connectivity index (χ1n) is 12.3. The molecule has 2 aliphatic rings. The summed E-state index contributed by atoms with van der Waals surface area (Å²) in [6.07, 6.45) is 1.19. The lowest BCUT2D eigenvalue weighted by Crippen LogP contribution is -2.38. The summed E-state index contributed by atoms with van der Waals surface area (Å²) < 4.78 is 5.63. The van der Waals surface area contributed by atoms with E-state index in [-0.39, 0.29) is 23.6 Å². The van der Waals surface area contributed by atoms with E-state index in [1.54, 1.807) is 17.0 Å². The number of amides is 3. The van der Waals surface area contributed by atoms with Crippen LogP contribution in [0.1, 0.15) is 30.1 Å². The maximum atomic E-state index is 13.8. The molecule has 4 atom stereocenters. The van der Waals surface area contributed by atoms with E-state index in [9.17, 15) is 14.4 Å². The molecule has 1 saturated heterocycles. The van der Waals surface area contributed by atoms with Gasteiger partial charge < -0.3 is 9.64 Å². The summed E-state index contributed by atoms with van der Waals surface area (Å²) >= 11 is 1.29. The average Bonchev–Trinajstić information content (AvgIpc) is 3.20. The van der Waals surface area contributed by atoms with Gasteiger partial charge in [0.15, 0.2) is 6.10 Å². The Balaban J connectivity index is 1.55. The number of ether oxygens (including phenoxy) is 1. The van der Waals surface area contributed by atoms with Crippen LogP contribution in [-0.2, 0) is 19.1 Å². The van der Waals surface area contributed by atoms with Crippen LogP contribution in [-0.4, -0.2) is 41.5 Å². The van der Waals surface area contributed by atoms with E-state index >= 15 is 0 Å². The molecule has 5 rings (SSSR count). The van der Waals surface area contributed by atoms with Crippen molar-refractivity contribution < 1.29 is 19.1 Å². The predicted molar refractivity (Wildman–Crippen MR) is 145 cm³/mol. The molecule has 37 heavy (non-hydrogen) atoms. The molecule has 1 fully saturated rings. The van der Waals surface area contributed by atoms with Crippen LogP contribution in [0.5, 0.6) is 0 Å². The zero-order valence-corrected chi connectivity index (χ0v) is 21.5. The minimum Gasteiger partial charge on any atom is -0.367 e. The number of methoxy groups -OCH3 is 1. The Labute approximate surface area is 220 Å². The summed E-state index contributed by atoms with van der Waals surface area (Å²) in [5.74, 6) is -1.60. The Bertz CT molecular complexity index is 1310. The monoisotopic (exact) mass is 512 g/mol. The standard InChI is InChI=1S/C30H28N2O4S/c1-3-31(29(34)26(36-2)21-15-9-5-10-16-21)24-19-23(20-13-7-4-8-14-20)25-27(37-24)30(35)32(28(25)33)22-17-11-6-12-18-22/h4-19,23,25-27H,3H2,1-2H3/t23-,25+,26-,27-/m1/s1. The highest BCUT2D eigenvalue weighted by molar-refractivity contribution is 8.04. The number of carbonyl (C=O) groups excluding carboxylic acids is 3. The van der Waals surface area contributed by atoms with E-state index < -0.39 is 17.3 Å². The first-order chi connectivity index (χ1) is 18.0. The molecule has 0 aromatic heterocycles. The Kier molecular flexibility index (Phi) is 7.26. The molecule has 3 aromatic rings. The Morgan fingerprint density at radius 1 is 0.919 bits per heavy atom. The van der Waals surface area contributed by atoms with Gasteiger partial charge >= 0.3 is 0 Å². The molecule has 0 saturated carbocycles. The van der Waals surface area contributed by atoms with E-state index in [0.29, 0.717) is 17.3 Å². The Morgan fingerprint density at radius 3 is 2.11 bits per heavy atom. The topological polar surface area (TPSA) is 66.9 Å². The van der Waals surface area contributed by atoms with Crippen molar-refractivity contribution in [2.45, 2.75) is 24.2 Å². The highest BCUT2D eigenvalue weighted by Gasteiger charge is 2.54. The van der Waals surface area contributed by atoms with Crippen molar-refractivity contribution in [3.05, 3.63) is 113 Å². The van der Waals surface area contributed by atoms with Crippen LogP contribution >= 0.6 is 11.8 Å². The molecular weight excluding hydrogens is 484 g/mol. The number of benzene rings is 3. The van der Waals surface area contributed by atoms with Gasteiger partial charge in [0.1, 0.15) is 5.25 Å². The first-order valence-corrected chi connectivity index (χ1v) is 13.2. The van der Waals surface area contributed by atoms with Gasteiger partial charge in [-0.3, -0.25) is 14.4 Å². The Hall–Kier alpha value is -3.68. The minimum atomic E-state index is -0.780. The van der Waals surface area contributed by atoms with Crippen LogP contribution in [0.4, 0.5) is 5.69 Å². The summed E-state index contributed by atoms with van der Waals surface area (Å²) in [4.78, 5) is 44.1. The second kappa shape index (κ2) is 10.7. The van der Waals surface area contributed by atoms with Crippen LogP contribution in [0.2, 0.25) is 0 Å². The number of allylic oxidation sites excluding steroid dienone is 1. The number of para-hydroxylation sites is 1. The number of hydrogen-bond acceptors (Lipinski definition) is 5. The van der Waals surface area contributed by atoms with E-state index in [4.69, 9.17) is 4.74 Å². The van der Waals surface area contributed by atoms with Crippen LogP contribution in [0.15, 0.2) is 102 Å². The maximum Gasteiger partial charge on any atom is 0.261 e. The zero-order valence-electron chi connectivity index (χ0n) is 20.7. The van der Waals surface area contributed by atoms with Crippen molar-refractivity contribution in [1.82, 2.24) is 4.90 Å². The molecule has 2 aliphatic heterocycles. The fourth-order valence-corrected chi connectivity index (χ4v) is 6.56. The maximum absolute atomic E-state index is 13.8. The van der Waals surface area contributed by atoms with E-state index in [1.165, 1.54) is 23.8 Å². The van der Waals surface area contributed by atoms with E-state index in [1.807, 2.05) is 91.9 Å². The molecular formula is C30H28N2O4S. The van der Waals surface area contributed by atoms with Gasteiger partial charge in [0.25, 0.3) is 5.91 Å². The normalized spacial score (nSPS) is 21.8. The van der Waals surface area contributed by atoms with Crippen molar-refractivity contribution in [3.63, 3.8) is 0 Å². The summed E-state index contributed by atoms with van der Waals surface area (Å²) in [5, 5.41) is 0.0223. The number of likely N-dealkylation sites (N-methyl/N-ethyl adjacent to an activating group) is 1. The SMILES string of the molecule is CCN(C(=O)[C@H](OC)c1ccccc1)C1=C[C@H](c2ccccc2)[C@@H]2C(=O)N(c3ccccc3)C(=O)[C@@H]2S1.